The van der Waals surface area contributed by atoms with Crippen LogP contribution in [0.3, 0.4) is 0 Å². The maximum Gasteiger partial charge on any atom is 0.242 e. The minimum absolute atomic E-state index is 0.0538. The van der Waals surface area contributed by atoms with Crippen LogP contribution in [0.2, 0.25) is 0 Å². The summed E-state index contributed by atoms with van der Waals surface area (Å²) in [7, 11) is 1.77. The maximum atomic E-state index is 11.8. The number of hydrogen-bond acceptors (Lipinski definition) is 3. The molecular weight excluding hydrogens is 180 g/mol. The predicted octanol–water partition coefficient (Wildman–Crippen LogP) is -0.0323. The molecule has 1 saturated heterocycles. The molecule has 1 heterocycles. The number of β-amino-alcohol motifs (C(OH)–C–C–N with tert-alkyl or cyclic N) is 1. The van der Waals surface area contributed by atoms with Crippen molar-refractivity contribution < 1.29 is 9.90 Å². The lowest BCUT2D eigenvalue weighted by molar-refractivity contribution is -0.161. The molecule has 0 aromatic rings. The van der Waals surface area contributed by atoms with E-state index in [4.69, 9.17) is 0 Å². The van der Waals surface area contributed by atoms with Gasteiger partial charge in [-0.25, -0.2) is 0 Å². The molecule has 0 saturated carbocycles. The molecule has 0 aromatic carbocycles. The van der Waals surface area contributed by atoms with Crippen molar-refractivity contribution in [2.24, 2.45) is 0 Å². The monoisotopic (exact) mass is 200 g/mol. The Morgan fingerprint density at radius 2 is 2.07 bits per heavy atom. The van der Waals surface area contributed by atoms with E-state index in [1.807, 2.05) is 20.8 Å². The molecule has 0 radical (unpaired) electrons. The van der Waals surface area contributed by atoms with Crippen LogP contribution in [0.25, 0.3) is 0 Å². The highest BCUT2D eigenvalue weighted by atomic mass is 16.3. The third kappa shape index (κ3) is 1.91. The molecule has 0 aromatic heterocycles. The number of aliphatic hydroxyl groups is 1. The smallest absolute Gasteiger partial charge is 0.242 e. The molecule has 1 amide bonds. The Balaban J connectivity index is 2.52. The van der Waals surface area contributed by atoms with Gasteiger partial charge in [0.2, 0.25) is 5.91 Å². The van der Waals surface area contributed by atoms with E-state index in [-0.39, 0.29) is 5.91 Å². The Labute approximate surface area is 85.3 Å². The number of amides is 1. The zero-order valence-corrected chi connectivity index (χ0v) is 9.42. The lowest BCUT2D eigenvalue weighted by atomic mass is 9.89. The Morgan fingerprint density at radius 1 is 1.57 bits per heavy atom. The summed E-state index contributed by atoms with van der Waals surface area (Å²) >= 11 is 0. The molecular formula is C10H20N2O2. The van der Waals surface area contributed by atoms with Gasteiger partial charge in [-0.2, -0.15) is 0 Å². The van der Waals surface area contributed by atoms with Gasteiger partial charge >= 0.3 is 0 Å². The van der Waals surface area contributed by atoms with Crippen LogP contribution in [0, 0.1) is 0 Å². The fourth-order valence-corrected chi connectivity index (χ4v) is 1.53. The van der Waals surface area contributed by atoms with Crippen LogP contribution >= 0.6 is 0 Å². The van der Waals surface area contributed by atoms with Crippen LogP contribution in [0.15, 0.2) is 0 Å². The number of rotatable bonds is 3. The second-order valence-corrected chi connectivity index (χ2v) is 4.61. The van der Waals surface area contributed by atoms with E-state index in [0.29, 0.717) is 19.5 Å². The quantitative estimate of drug-likeness (QED) is 0.672. The molecule has 4 heteroatoms. The van der Waals surface area contributed by atoms with Gasteiger partial charge in [0.15, 0.2) is 0 Å². The topological polar surface area (TPSA) is 52.6 Å². The average Bonchev–Trinajstić information content (AvgIpc) is 2.11. The van der Waals surface area contributed by atoms with Crippen LogP contribution in [-0.4, -0.2) is 47.2 Å². The highest BCUT2D eigenvalue weighted by Crippen LogP contribution is 2.26. The summed E-state index contributed by atoms with van der Waals surface area (Å²) in [4.78, 5) is 13.5. The third-order valence-electron chi connectivity index (χ3n) is 3.08. The maximum absolute atomic E-state index is 11.8. The number of likely N-dealkylation sites (N-methyl/N-ethyl adjacent to an activating group) is 1. The first kappa shape index (κ1) is 11.5. The van der Waals surface area contributed by atoms with Crippen molar-refractivity contribution in [2.45, 2.75) is 38.3 Å². The molecule has 4 nitrogen and oxygen atoms in total. The number of likely N-dealkylation sites (tertiary alicyclic amines) is 1. The molecule has 1 fully saturated rings. The van der Waals surface area contributed by atoms with Crippen molar-refractivity contribution in [3.8, 4) is 0 Å². The Bertz CT molecular complexity index is 232. The molecule has 1 aliphatic heterocycles. The van der Waals surface area contributed by atoms with E-state index in [1.165, 1.54) is 0 Å². The SMILES string of the molecule is CCC1(O)CN(C(=O)C(C)(C)NC)C1. The minimum atomic E-state index is -0.639. The van der Waals surface area contributed by atoms with Crippen LogP contribution < -0.4 is 5.32 Å². The Morgan fingerprint density at radius 3 is 2.43 bits per heavy atom. The number of carbonyl (C=O) groups is 1. The fraction of sp³-hybridized carbons (Fsp3) is 0.900. The van der Waals surface area contributed by atoms with Crippen molar-refractivity contribution in [1.82, 2.24) is 10.2 Å². The number of nitrogens with zero attached hydrogens (tertiary/aromatic N) is 1. The van der Waals surface area contributed by atoms with E-state index in [0.717, 1.165) is 0 Å². The second-order valence-electron chi connectivity index (χ2n) is 4.61. The fourth-order valence-electron chi connectivity index (χ4n) is 1.53. The zero-order chi connectivity index (χ0) is 11.0. The van der Waals surface area contributed by atoms with E-state index < -0.39 is 11.1 Å². The van der Waals surface area contributed by atoms with Gasteiger partial charge < -0.3 is 15.3 Å². The van der Waals surface area contributed by atoms with Crippen molar-refractivity contribution in [3.05, 3.63) is 0 Å². The van der Waals surface area contributed by atoms with E-state index in [2.05, 4.69) is 5.32 Å². The lowest BCUT2D eigenvalue weighted by Crippen LogP contribution is -2.67. The molecule has 1 rings (SSSR count). The van der Waals surface area contributed by atoms with Gasteiger partial charge in [-0.1, -0.05) is 6.92 Å². The van der Waals surface area contributed by atoms with Crippen molar-refractivity contribution in [1.29, 1.82) is 0 Å². The summed E-state index contributed by atoms with van der Waals surface area (Å²) in [6.45, 7) is 6.56. The summed E-state index contributed by atoms with van der Waals surface area (Å²) in [5.74, 6) is 0.0538. The third-order valence-corrected chi connectivity index (χ3v) is 3.08. The summed E-state index contributed by atoms with van der Waals surface area (Å²) in [5, 5.41) is 12.7. The second kappa shape index (κ2) is 3.51. The van der Waals surface area contributed by atoms with E-state index >= 15 is 0 Å². The van der Waals surface area contributed by atoms with Crippen molar-refractivity contribution in [3.63, 3.8) is 0 Å². The minimum Gasteiger partial charge on any atom is -0.386 e. The molecule has 82 valence electrons. The zero-order valence-electron chi connectivity index (χ0n) is 9.42. The van der Waals surface area contributed by atoms with Gasteiger partial charge in [0.25, 0.3) is 0 Å². The van der Waals surface area contributed by atoms with Crippen LogP contribution in [0.5, 0.6) is 0 Å². The van der Waals surface area contributed by atoms with Gasteiger partial charge in [0.05, 0.1) is 24.2 Å². The van der Waals surface area contributed by atoms with Gasteiger partial charge in [-0.3, -0.25) is 4.79 Å². The lowest BCUT2D eigenvalue weighted by Gasteiger charge is -2.48. The van der Waals surface area contributed by atoms with E-state index in [9.17, 15) is 9.90 Å². The van der Waals surface area contributed by atoms with Gasteiger partial charge in [-0.05, 0) is 27.3 Å². The first-order valence-corrected chi connectivity index (χ1v) is 5.05. The van der Waals surface area contributed by atoms with Gasteiger partial charge in [0.1, 0.15) is 0 Å². The number of carbonyl (C=O) groups excluding carboxylic acids is 1. The Kier molecular flexibility index (Phi) is 2.88. The molecule has 0 unspecified atom stereocenters. The summed E-state index contributed by atoms with van der Waals surface area (Å²) < 4.78 is 0. The number of nitrogens with one attached hydrogen (secondary N) is 1. The summed E-state index contributed by atoms with van der Waals surface area (Å²) in [6, 6.07) is 0. The van der Waals surface area contributed by atoms with E-state index in [1.54, 1.807) is 11.9 Å². The van der Waals surface area contributed by atoms with Gasteiger partial charge in [-0.15, -0.1) is 0 Å². The molecule has 0 bridgehead atoms. The average molecular weight is 200 g/mol. The van der Waals surface area contributed by atoms with Crippen LogP contribution in [0.1, 0.15) is 27.2 Å². The summed E-state index contributed by atoms with van der Waals surface area (Å²) in [6.07, 6.45) is 0.705. The highest BCUT2D eigenvalue weighted by molar-refractivity contribution is 5.86. The molecule has 0 atom stereocenters. The number of hydrogen-bond donors (Lipinski definition) is 2. The van der Waals surface area contributed by atoms with Gasteiger partial charge in [0, 0.05) is 0 Å². The molecule has 0 aliphatic carbocycles. The first-order chi connectivity index (χ1) is 6.34. The highest BCUT2D eigenvalue weighted by Gasteiger charge is 2.45. The van der Waals surface area contributed by atoms with Crippen LogP contribution in [0.4, 0.5) is 0 Å². The molecule has 1 aliphatic rings. The predicted molar refractivity (Wildman–Crippen MR) is 55.0 cm³/mol. The normalized spacial score (nSPS) is 20.5. The molecule has 14 heavy (non-hydrogen) atoms. The van der Waals surface area contributed by atoms with Crippen molar-refractivity contribution >= 4 is 5.91 Å². The van der Waals surface area contributed by atoms with Crippen LogP contribution in [-0.2, 0) is 4.79 Å². The standard InChI is InChI=1S/C10H20N2O2/c1-5-10(14)6-12(7-10)8(13)9(2,3)11-4/h11,14H,5-7H2,1-4H3. The molecule has 0 spiro atoms. The van der Waals surface area contributed by atoms with Crippen molar-refractivity contribution in [2.75, 3.05) is 20.1 Å². The summed E-state index contributed by atoms with van der Waals surface area (Å²) in [5.41, 5.74) is -1.17. The molecule has 2 N–H and O–H groups in total. The first-order valence-electron chi connectivity index (χ1n) is 5.05. The largest absolute Gasteiger partial charge is 0.386 e. The Hall–Kier alpha value is -0.610.